The molecule has 1 fully saturated rings. The summed E-state index contributed by atoms with van der Waals surface area (Å²) in [6.45, 7) is 2.52. The number of phenolic OH excluding ortho intramolecular Hbond substituents is 1. The minimum atomic E-state index is -0.257. The van der Waals surface area contributed by atoms with Crippen LogP contribution in [0.2, 0.25) is 5.02 Å². The van der Waals surface area contributed by atoms with Gasteiger partial charge in [0.2, 0.25) is 0 Å². The Hall–Kier alpha value is -2.64. The maximum Gasteiger partial charge on any atom is 0.264 e. The number of carbonyl (C=O) groups excluding carboxylic acids is 1. The van der Waals surface area contributed by atoms with Gasteiger partial charge >= 0.3 is 0 Å². The second kappa shape index (κ2) is 8.37. The number of aliphatic imine (C=N–C) groups is 1. The Labute approximate surface area is 165 Å². The smallest absolute Gasteiger partial charge is 0.264 e. The largest absolute Gasteiger partial charge is 0.503 e. The van der Waals surface area contributed by atoms with Gasteiger partial charge in [0.25, 0.3) is 5.91 Å². The molecule has 1 aliphatic rings. The number of halogens is 1. The summed E-state index contributed by atoms with van der Waals surface area (Å²) in [6.07, 6.45) is 1.66. The van der Waals surface area contributed by atoms with Crippen molar-refractivity contribution >= 4 is 46.2 Å². The van der Waals surface area contributed by atoms with Crippen molar-refractivity contribution < 1.29 is 19.4 Å². The van der Waals surface area contributed by atoms with E-state index in [1.165, 1.54) is 18.9 Å². The Bertz CT molecular complexity index is 926. The average molecular weight is 405 g/mol. The Morgan fingerprint density at radius 1 is 1.30 bits per heavy atom. The summed E-state index contributed by atoms with van der Waals surface area (Å²) in [4.78, 5) is 17.1. The van der Waals surface area contributed by atoms with E-state index >= 15 is 0 Å². The van der Waals surface area contributed by atoms with Gasteiger partial charge in [0.15, 0.2) is 16.7 Å². The number of carbonyl (C=O) groups is 1. The van der Waals surface area contributed by atoms with Crippen molar-refractivity contribution in [1.82, 2.24) is 5.32 Å². The molecule has 0 bridgehead atoms. The van der Waals surface area contributed by atoms with Gasteiger partial charge in [0.05, 0.1) is 29.3 Å². The number of hydrogen-bond acceptors (Lipinski definition) is 6. The Balaban J connectivity index is 1.81. The van der Waals surface area contributed by atoms with Gasteiger partial charge in [0.1, 0.15) is 5.75 Å². The summed E-state index contributed by atoms with van der Waals surface area (Å²) in [6, 6.07) is 10.4. The van der Waals surface area contributed by atoms with E-state index in [4.69, 9.17) is 21.1 Å². The lowest BCUT2D eigenvalue weighted by molar-refractivity contribution is -0.115. The summed E-state index contributed by atoms with van der Waals surface area (Å²) in [5, 5.41) is 13.2. The Kier molecular flexibility index (Phi) is 5.93. The molecule has 0 saturated carbocycles. The molecule has 2 N–H and O–H groups in total. The van der Waals surface area contributed by atoms with E-state index in [2.05, 4.69) is 10.3 Å². The zero-order valence-corrected chi connectivity index (χ0v) is 16.2. The van der Waals surface area contributed by atoms with Crippen LogP contribution in [0.25, 0.3) is 6.08 Å². The van der Waals surface area contributed by atoms with Crippen LogP contribution in [0, 0.1) is 0 Å². The standard InChI is InChI=1S/C19H17ClN2O4S/c1-3-26-13-6-4-12(5-7-13)21-19-22-18(24)16(27-19)10-11-8-14(20)17(23)15(9-11)25-2/h4-10,23H,3H2,1-2H3,(H,21,22,24)/b16-10+. The number of hydrogen-bond donors (Lipinski definition) is 2. The first kappa shape index (κ1) is 19.1. The van der Waals surface area contributed by atoms with Crippen molar-refractivity contribution in [3.63, 3.8) is 0 Å². The van der Waals surface area contributed by atoms with Crippen LogP contribution in [0.1, 0.15) is 12.5 Å². The van der Waals surface area contributed by atoms with Crippen molar-refractivity contribution in [3.05, 3.63) is 51.9 Å². The van der Waals surface area contributed by atoms with Crippen LogP contribution >= 0.6 is 23.4 Å². The van der Waals surface area contributed by atoms with E-state index in [0.29, 0.717) is 27.9 Å². The molecule has 0 radical (unpaired) electrons. The van der Waals surface area contributed by atoms with Gasteiger partial charge in [-0.05, 0) is 66.7 Å². The predicted octanol–water partition coefficient (Wildman–Crippen LogP) is 4.34. The second-order valence-electron chi connectivity index (χ2n) is 5.46. The molecule has 0 spiro atoms. The van der Waals surface area contributed by atoms with Crippen molar-refractivity contribution in [2.75, 3.05) is 13.7 Å². The molecule has 2 aromatic rings. The van der Waals surface area contributed by atoms with E-state index in [1.54, 1.807) is 18.2 Å². The van der Waals surface area contributed by atoms with Crippen LogP contribution in [0.15, 0.2) is 46.3 Å². The van der Waals surface area contributed by atoms with E-state index in [1.807, 2.05) is 31.2 Å². The molecule has 1 saturated heterocycles. The van der Waals surface area contributed by atoms with Crippen LogP contribution in [0.5, 0.6) is 17.2 Å². The van der Waals surface area contributed by atoms with Crippen molar-refractivity contribution in [2.24, 2.45) is 4.99 Å². The molecule has 6 nitrogen and oxygen atoms in total. The summed E-state index contributed by atoms with van der Waals surface area (Å²) in [5.41, 5.74) is 1.34. The van der Waals surface area contributed by atoms with Crippen LogP contribution in [-0.4, -0.2) is 29.9 Å². The molecular formula is C19H17ClN2O4S. The number of nitrogens with zero attached hydrogens (tertiary/aromatic N) is 1. The first-order valence-corrected chi connectivity index (χ1v) is 9.28. The molecule has 27 heavy (non-hydrogen) atoms. The SMILES string of the molecule is CCOc1ccc(N=C2NC(=O)/C(=C\c3cc(Cl)c(O)c(OC)c3)S2)cc1. The van der Waals surface area contributed by atoms with Crippen LogP contribution in [0.3, 0.4) is 0 Å². The van der Waals surface area contributed by atoms with E-state index in [0.717, 1.165) is 5.75 Å². The maximum atomic E-state index is 12.2. The third kappa shape index (κ3) is 4.56. The lowest BCUT2D eigenvalue weighted by Gasteiger charge is -2.06. The number of rotatable bonds is 5. The fourth-order valence-electron chi connectivity index (χ4n) is 2.37. The Morgan fingerprint density at radius 3 is 2.70 bits per heavy atom. The van der Waals surface area contributed by atoms with Crippen molar-refractivity contribution in [3.8, 4) is 17.2 Å². The molecule has 0 aliphatic carbocycles. The van der Waals surface area contributed by atoms with Crippen molar-refractivity contribution in [1.29, 1.82) is 0 Å². The molecular weight excluding hydrogens is 388 g/mol. The highest BCUT2D eigenvalue weighted by Gasteiger charge is 2.24. The maximum absolute atomic E-state index is 12.2. The molecule has 0 unspecified atom stereocenters. The summed E-state index contributed by atoms with van der Waals surface area (Å²) < 4.78 is 10.5. The molecule has 0 aromatic heterocycles. The molecule has 1 heterocycles. The third-order valence-electron chi connectivity index (χ3n) is 3.60. The Morgan fingerprint density at radius 2 is 2.04 bits per heavy atom. The summed E-state index contributed by atoms with van der Waals surface area (Å²) in [5.74, 6) is 0.611. The quantitative estimate of drug-likeness (QED) is 0.724. The molecule has 0 atom stereocenters. The fourth-order valence-corrected chi connectivity index (χ4v) is 3.43. The number of benzene rings is 2. The van der Waals surface area contributed by atoms with Gasteiger partial charge in [-0.1, -0.05) is 11.6 Å². The minimum absolute atomic E-state index is 0.136. The number of ether oxygens (including phenoxy) is 2. The van der Waals surface area contributed by atoms with Crippen LogP contribution < -0.4 is 14.8 Å². The monoisotopic (exact) mass is 404 g/mol. The highest BCUT2D eigenvalue weighted by Crippen LogP contribution is 2.37. The molecule has 1 aliphatic heterocycles. The number of amidine groups is 1. The number of methoxy groups -OCH3 is 1. The number of nitrogens with one attached hydrogen (secondary N) is 1. The van der Waals surface area contributed by atoms with Gasteiger partial charge < -0.3 is 19.9 Å². The van der Waals surface area contributed by atoms with Gasteiger partial charge in [-0.3, -0.25) is 4.79 Å². The summed E-state index contributed by atoms with van der Waals surface area (Å²) >= 11 is 7.21. The van der Waals surface area contributed by atoms with E-state index in [-0.39, 0.29) is 22.4 Å². The highest BCUT2D eigenvalue weighted by molar-refractivity contribution is 8.18. The molecule has 2 aromatic carbocycles. The third-order valence-corrected chi connectivity index (χ3v) is 4.80. The number of thioether (sulfide) groups is 1. The zero-order chi connectivity index (χ0) is 19.4. The van der Waals surface area contributed by atoms with Gasteiger partial charge in [-0.2, -0.15) is 0 Å². The normalized spacial score (nSPS) is 16.6. The lowest BCUT2D eigenvalue weighted by atomic mass is 10.2. The molecule has 3 rings (SSSR count). The molecule has 1 amide bonds. The van der Waals surface area contributed by atoms with E-state index < -0.39 is 0 Å². The van der Waals surface area contributed by atoms with Crippen LogP contribution in [-0.2, 0) is 4.79 Å². The second-order valence-corrected chi connectivity index (χ2v) is 6.90. The minimum Gasteiger partial charge on any atom is -0.503 e. The van der Waals surface area contributed by atoms with Gasteiger partial charge in [-0.25, -0.2) is 4.99 Å². The average Bonchev–Trinajstić information content (AvgIpc) is 2.99. The number of aromatic hydroxyl groups is 1. The van der Waals surface area contributed by atoms with Gasteiger partial charge in [-0.15, -0.1) is 0 Å². The van der Waals surface area contributed by atoms with Gasteiger partial charge in [0, 0.05) is 0 Å². The molecule has 8 heteroatoms. The van der Waals surface area contributed by atoms with E-state index in [9.17, 15) is 9.90 Å². The van der Waals surface area contributed by atoms with Crippen molar-refractivity contribution in [2.45, 2.75) is 6.92 Å². The first-order valence-electron chi connectivity index (χ1n) is 8.09. The van der Waals surface area contributed by atoms with Crippen LogP contribution in [0.4, 0.5) is 5.69 Å². The number of amides is 1. The summed E-state index contributed by atoms with van der Waals surface area (Å²) in [7, 11) is 1.43. The predicted molar refractivity (Wildman–Crippen MR) is 108 cm³/mol. The highest BCUT2D eigenvalue weighted by atomic mass is 35.5. The topological polar surface area (TPSA) is 80.2 Å². The zero-order valence-electron chi connectivity index (χ0n) is 14.7. The lowest BCUT2D eigenvalue weighted by Crippen LogP contribution is -2.19. The molecule has 140 valence electrons. The fraction of sp³-hybridized carbons (Fsp3) is 0.158. The first-order chi connectivity index (χ1) is 13.0. The number of phenols is 1.